The maximum absolute atomic E-state index is 12.2. The minimum absolute atomic E-state index is 0.105. The predicted molar refractivity (Wildman–Crippen MR) is 87.3 cm³/mol. The van der Waals surface area contributed by atoms with E-state index in [4.69, 9.17) is 4.52 Å². The first-order valence-electron chi connectivity index (χ1n) is 8.45. The van der Waals surface area contributed by atoms with Crippen LogP contribution >= 0.6 is 7.60 Å². The fraction of sp³-hybridized carbons (Fsp3) is 1.00. The fourth-order valence-electron chi connectivity index (χ4n) is 2.48. The second kappa shape index (κ2) is 11.8. The lowest BCUT2D eigenvalue weighted by Gasteiger charge is -2.22. The molecule has 4 heteroatoms. The van der Waals surface area contributed by atoms with Crippen LogP contribution in [0.4, 0.5) is 0 Å². The fourth-order valence-corrected chi connectivity index (χ4v) is 4.33. The first kappa shape index (κ1) is 20.1. The molecule has 0 saturated carbocycles. The largest absolute Gasteiger partial charge is 0.328 e. The van der Waals surface area contributed by atoms with Crippen molar-refractivity contribution < 1.29 is 14.0 Å². The summed E-state index contributed by atoms with van der Waals surface area (Å²) in [7, 11) is -3.42. The molecular formula is C16H35O3P. The zero-order valence-corrected chi connectivity index (χ0v) is 14.8. The number of hydrogen-bond acceptors (Lipinski definition) is 2. The first-order valence-corrected chi connectivity index (χ1v) is 10.2. The van der Waals surface area contributed by atoms with Gasteiger partial charge in [0.1, 0.15) is 0 Å². The normalized spacial score (nSPS) is 17.6. The van der Waals surface area contributed by atoms with E-state index in [9.17, 15) is 9.46 Å². The molecule has 0 saturated heterocycles. The molecule has 0 aliphatic heterocycles. The molecule has 0 rings (SSSR count). The number of hydrogen-bond donors (Lipinski definition) is 1. The Hall–Kier alpha value is 0.150. The van der Waals surface area contributed by atoms with Crippen molar-refractivity contribution in [2.24, 2.45) is 5.92 Å². The molecule has 122 valence electrons. The smallest absolute Gasteiger partial charge is 0.324 e. The summed E-state index contributed by atoms with van der Waals surface area (Å²) in [5.41, 5.74) is 0. The Labute approximate surface area is 126 Å². The van der Waals surface area contributed by atoms with Crippen LogP contribution < -0.4 is 0 Å². The van der Waals surface area contributed by atoms with E-state index in [-0.39, 0.29) is 6.10 Å². The molecule has 0 bridgehead atoms. The first-order chi connectivity index (χ1) is 9.45. The average molecular weight is 306 g/mol. The monoisotopic (exact) mass is 306 g/mol. The second-order valence-corrected chi connectivity index (χ2v) is 7.85. The maximum atomic E-state index is 12.2. The Balaban J connectivity index is 4.04. The van der Waals surface area contributed by atoms with E-state index in [1.807, 2.05) is 6.92 Å². The molecule has 3 unspecified atom stereocenters. The van der Waals surface area contributed by atoms with Gasteiger partial charge in [0.2, 0.25) is 0 Å². The van der Waals surface area contributed by atoms with Crippen LogP contribution in [-0.4, -0.2) is 17.2 Å². The van der Waals surface area contributed by atoms with Crippen molar-refractivity contribution in [3.8, 4) is 0 Å². The molecular weight excluding hydrogens is 271 g/mol. The summed E-state index contributed by atoms with van der Waals surface area (Å²) in [6.07, 6.45) is 10.1. The minimum Gasteiger partial charge on any atom is -0.324 e. The highest BCUT2D eigenvalue weighted by atomic mass is 31.2. The molecule has 0 radical (unpaired) electrons. The zero-order chi connectivity index (χ0) is 15.4. The van der Waals surface area contributed by atoms with Crippen molar-refractivity contribution in [3.63, 3.8) is 0 Å². The summed E-state index contributed by atoms with van der Waals surface area (Å²) in [5.74, 6) is 0.318. The van der Waals surface area contributed by atoms with Crippen molar-refractivity contribution in [3.05, 3.63) is 0 Å². The van der Waals surface area contributed by atoms with Gasteiger partial charge in [-0.15, -0.1) is 0 Å². The zero-order valence-electron chi connectivity index (χ0n) is 13.9. The van der Waals surface area contributed by atoms with Crippen LogP contribution in [0.5, 0.6) is 0 Å². The number of unbranched alkanes of at least 4 members (excludes halogenated alkanes) is 4. The van der Waals surface area contributed by atoms with E-state index in [1.54, 1.807) is 0 Å². The number of rotatable bonds is 13. The Kier molecular flexibility index (Phi) is 11.9. The van der Waals surface area contributed by atoms with Gasteiger partial charge in [-0.2, -0.15) is 0 Å². The summed E-state index contributed by atoms with van der Waals surface area (Å²) < 4.78 is 17.6. The predicted octanol–water partition coefficient (Wildman–Crippen LogP) is 5.76. The van der Waals surface area contributed by atoms with Crippen LogP contribution in [0.2, 0.25) is 0 Å². The third-order valence-corrected chi connectivity index (χ3v) is 5.51. The molecule has 1 N–H and O–H groups in total. The topological polar surface area (TPSA) is 46.5 Å². The van der Waals surface area contributed by atoms with E-state index in [0.717, 1.165) is 38.5 Å². The van der Waals surface area contributed by atoms with Gasteiger partial charge < -0.3 is 9.42 Å². The van der Waals surface area contributed by atoms with Gasteiger partial charge in [0.25, 0.3) is 0 Å². The average Bonchev–Trinajstić information content (AvgIpc) is 2.39. The Morgan fingerprint density at radius 3 is 2.20 bits per heavy atom. The molecule has 20 heavy (non-hydrogen) atoms. The van der Waals surface area contributed by atoms with Crippen molar-refractivity contribution in [1.82, 2.24) is 0 Å². The van der Waals surface area contributed by atoms with Gasteiger partial charge in [-0.1, -0.05) is 65.7 Å². The van der Waals surface area contributed by atoms with Crippen molar-refractivity contribution in [2.75, 3.05) is 6.16 Å². The Morgan fingerprint density at radius 1 is 1.00 bits per heavy atom. The molecule has 0 heterocycles. The summed E-state index contributed by atoms with van der Waals surface area (Å²) in [4.78, 5) is 10.0. The summed E-state index contributed by atoms with van der Waals surface area (Å²) in [6, 6.07) is 0. The molecule has 3 nitrogen and oxygen atoms in total. The summed E-state index contributed by atoms with van der Waals surface area (Å²) >= 11 is 0. The molecule has 0 amide bonds. The van der Waals surface area contributed by atoms with Gasteiger partial charge >= 0.3 is 7.60 Å². The molecule has 0 aromatic heterocycles. The molecule has 3 atom stereocenters. The van der Waals surface area contributed by atoms with Crippen LogP contribution in [0.15, 0.2) is 0 Å². The third-order valence-electron chi connectivity index (χ3n) is 3.84. The Morgan fingerprint density at radius 2 is 1.65 bits per heavy atom. The Bertz CT molecular complexity index is 268. The highest BCUT2D eigenvalue weighted by Crippen LogP contribution is 2.47. The SMILES string of the molecule is CCCCCCC(C)OP(=O)(O)CC(CC)CCCC. The minimum atomic E-state index is -3.42. The van der Waals surface area contributed by atoms with Gasteiger partial charge in [-0.3, -0.25) is 4.57 Å². The van der Waals surface area contributed by atoms with Gasteiger partial charge in [0.05, 0.1) is 12.3 Å². The van der Waals surface area contributed by atoms with E-state index in [2.05, 4.69) is 20.8 Å². The van der Waals surface area contributed by atoms with Crippen LogP contribution in [0.3, 0.4) is 0 Å². The molecule has 0 aliphatic carbocycles. The third kappa shape index (κ3) is 10.9. The van der Waals surface area contributed by atoms with Gasteiger partial charge in [-0.05, 0) is 25.7 Å². The summed E-state index contributed by atoms with van der Waals surface area (Å²) in [5, 5.41) is 0. The molecule has 0 aliphatic rings. The van der Waals surface area contributed by atoms with Crippen LogP contribution in [0.25, 0.3) is 0 Å². The lowest BCUT2D eigenvalue weighted by Crippen LogP contribution is -2.12. The van der Waals surface area contributed by atoms with E-state index >= 15 is 0 Å². The van der Waals surface area contributed by atoms with E-state index in [1.165, 1.54) is 19.3 Å². The quantitative estimate of drug-likeness (QED) is 0.347. The van der Waals surface area contributed by atoms with Crippen LogP contribution in [0, 0.1) is 5.92 Å². The highest BCUT2D eigenvalue weighted by Gasteiger charge is 2.26. The molecule has 0 spiro atoms. The summed E-state index contributed by atoms with van der Waals surface area (Å²) in [6.45, 7) is 8.35. The van der Waals surface area contributed by atoms with Crippen LogP contribution in [-0.2, 0) is 9.09 Å². The molecule has 0 aromatic rings. The van der Waals surface area contributed by atoms with E-state index < -0.39 is 7.60 Å². The van der Waals surface area contributed by atoms with Crippen LogP contribution in [0.1, 0.15) is 85.5 Å². The lowest BCUT2D eigenvalue weighted by atomic mass is 10.0. The maximum Gasteiger partial charge on any atom is 0.328 e. The van der Waals surface area contributed by atoms with Gasteiger partial charge in [-0.25, -0.2) is 0 Å². The van der Waals surface area contributed by atoms with Gasteiger partial charge in [0.15, 0.2) is 0 Å². The van der Waals surface area contributed by atoms with Crippen molar-refractivity contribution in [1.29, 1.82) is 0 Å². The van der Waals surface area contributed by atoms with Gasteiger partial charge in [0, 0.05) is 0 Å². The second-order valence-electron chi connectivity index (χ2n) is 6.00. The van der Waals surface area contributed by atoms with Crippen molar-refractivity contribution >= 4 is 7.60 Å². The highest BCUT2D eigenvalue weighted by molar-refractivity contribution is 7.52. The standard InChI is InChI=1S/C16H35O3P/c1-5-8-10-11-12-15(4)19-20(17,18)14-16(7-3)13-9-6-2/h15-16H,5-14H2,1-4H3,(H,17,18). The van der Waals surface area contributed by atoms with E-state index in [0.29, 0.717) is 12.1 Å². The van der Waals surface area contributed by atoms with Crippen molar-refractivity contribution in [2.45, 2.75) is 91.6 Å². The molecule has 0 aromatic carbocycles. The lowest BCUT2D eigenvalue weighted by molar-refractivity contribution is 0.174. The molecule has 0 fully saturated rings.